The molecule has 1 fully saturated rings. The van der Waals surface area contributed by atoms with Crippen molar-refractivity contribution in [3.05, 3.63) is 37.0 Å². The average molecular weight is 329 g/mol. The summed E-state index contributed by atoms with van der Waals surface area (Å²) in [7, 11) is 0. The Labute approximate surface area is 136 Å². The molecule has 0 atom stereocenters. The predicted octanol–water partition coefficient (Wildman–Crippen LogP) is 3.06. The minimum Gasteiger partial charge on any atom is -0.334 e. The lowest BCUT2D eigenvalue weighted by Gasteiger charge is -2.34. The fourth-order valence-electron chi connectivity index (χ4n) is 2.68. The van der Waals surface area contributed by atoms with Crippen molar-refractivity contribution < 1.29 is 4.79 Å². The smallest absolute Gasteiger partial charge is 0.260 e. The van der Waals surface area contributed by atoms with Gasteiger partial charge in [-0.25, -0.2) is 0 Å². The van der Waals surface area contributed by atoms with E-state index in [4.69, 9.17) is 23.2 Å². The zero-order valence-electron chi connectivity index (χ0n) is 12.7. The highest BCUT2D eigenvalue weighted by Gasteiger charge is 2.62. The number of halogens is 2. The number of carbonyl (C=O) groups is 1. The number of carbonyl (C=O) groups excluding carboxylic acids is 1. The monoisotopic (exact) mass is 328 g/mol. The molecule has 0 aromatic heterocycles. The van der Waals surface area contributed by atoms with E-state index < -0.39 is 9.75 Å². The summed E-state index contributed by atoms with van der Waals surface area (Å²) < 4.78 is -1.46. The third-order valence-corrected chi connectivity index (χ3v) is 5.05. The summed E-state index contributed by atoms with van der Waals surface area (Å²) in [5.74, 6) is -0.231. The normalized spacial score (nSPS) is 31.2. The topological polar surface area (TPSA) is 32.3 Å². The van der Waals surface area contributed by atoms with E-state index in [9.17, 15) is 4.79 Å². The van der Waals surface area contributed by atoms with Crippen molar-refractivity contribution in [3.8, 4) is 0 Å². The van der Waals surface area contributed by atoms with Crippen LogP contribution in [0.3, 0.4) is 0 Å². The second kappa shape index (κ2) is 5.45. The van der Waals surface area contributed by atoms with Crippen LogP contribution in [0, 0.1) is 5.41 Å². The lowest BCUT2D eigenvalue weighted by Crippen LogP contribution is -2.44. The van der Waals surface area contributed by atoms with Crippen LogP contribution in [-0.4, -0.2) is 39.8 Å². The van der Waals surface area contributed by atoms with Crippen LogP contribution >= 0.6 is 23.2 Å². The SMILES string of the molecule is C=CCNC1C=CC2(C=C1)CN(C(C)(C)C)C(=O)C2(Cl)Cl. The molecule has 0 saturated carbocycles. The first-order valence-corrected chi connectivity index (χ1v) is 7.82. The number of rotatable bonds is 3. The van der Waals surface area contributed by atoms with Crippen molar-refractivity contribution in [1.29, 1.82) is 0 Å². The highest BCUT2D eigenvalue weighted by molar-refractivity contribution is 6.59. The van der Waals surface area contributed by atoms with Gasteiger partial charge in [-0.05, 0) is 20.8 Å². The second-order valence-electron chi connectivity index (χ2n) is 6.62. The van der Waals surface area contributed by atoms with E-state index >= 15 is 0 Å². The molecule has 2 rings (SSSR count). The van der Waals surface area contributed by atoms with Crippen molar-refractivity contribution in [2.75, 3.05) is 13.1 Å². The quantitative estimate of drug-likeness (QED) is 0.638. The molecule has 1 spiro atoms. The van der Waals surface area contributed by atoms with Gasteiger partial charge in [-0.15, -0.1) is 6.58 Å². The third kappa shape index (κ3) is 2.79. The highest BCUT2D eigenvalue weighted by atomic mass is 35.5. The van der Waals surface area contributed by atoms with Crippen molar-refractivity contribution >= 4 is 29.1 Å². The van der Waals surface area contributed by atoms with E-state index in [1.807, 2.05) is 45.1 Å². The van der Waals surface area contributed by atoms with Crippen LogP contribution in [0.25, 0.3) is 0 Å². The van der Waals surface area contributed by atoms with Gasteiger partial charge in [0.05, 0.1) is 5.41 Å². The van der Waals surface area contributed by atoms with Crippen molar-refractivity contribution in [3.63, 3.8) is 0 Å². The Bertz CT molecular complexity index is 489. The molecule has 1 heterocycles. The fraction of sp³-hybridized carbons (Fsp3) is 0.562. The molecule has 1 amide bonds. The third-order valence-electron chi connectivity index (χ3n) is 4.03. The first-order valence-electron chi connectivity index (χ1n) is 7.07. The van der Waals surface area contributed by atoms with E-state index in [0.717, 1.165) is 0 Å². The Balaban J connectivity index is 2.27. The first kappa shape index (κ1) is 16.6. The highest BCUT2D eigenvalue weighted by Crippen LogP contribution is 2.53. The summed E-state index contributed by atoms with van der Waals surface area (Å²) in [6, 6.07) is 0.108. The molecule has 1 N–H and O–H groups in total. The number of likely N-dealkylation sites (tertiary alicyclic amines) is 1. The first-order chi connectivity index (χ1) is 9.64. The maximum Gasteiger partial charge on any atom is 0.260 e. The van der Waals surface area contributed by atoms with E-state index in [2.05, 4.69) is 11.9 Å². The van der Waals surface area contributed by atoms with Gasteiger partial charge >= 0.3 is 0 Å². The maximum atomic E-state index is 12.6. The minimum atomic E-state index is -1.46. The van der Waals surface area contributed by atoms with Crippen LogP contribution in [0.4, 0.5) is 0 Å². The van der Waals surface area contributed by atoms with Crippen LogP contribution in [0.5, 0.6) is 0 Å². The fourth-order valence-corrected chi connectivity index (χ4v) is 3.26. The molecule has 2 aliphatic rings. The van der Waals surface area contributed by atoms with Crippen LogP contribution in [0.15, 0.2) is 37.0 Å². The molecule has 1 saturated heterocycles. The number of amides is 1. The summed E-state index contributed by atoms with van der Waals surface area (Å²) in [6.07, 6.45) is 9.72. The van der Waals surface area contributed by atoms with Gasteiger partial charge in [0.1, 0.15) is 0 Å². The van der Waals surface area contributed by atoms with Crippen LogP contribution in [0.2, 0.25) is 0 Å². The minimum absolute atomic E-state index is 0.108. The number of hydrogen-bond donors (Lipinski definition) is 1. The Morgan fingerprint density at radius 2 is 2.00 bits per heavy atom. The van der Waals surface area contributed by atoms with E-state index in [0.29, 0.717) is 13.1 Å². The molecule has 1 aliphatic heterocycles. The lowest BCUT2D eigenvalue weighted by molar-refractivity contribution is -0.132. The number of hydrogen-bond acceptors (Lipinski definition) is 2. The summed E-state index contributed by atoms with van der Waals surface area (Å²) >= 11 is 12.9. The van der Waals surface area contributed by atoms with Crippen molar-refractivity contribution in [2.45, 2.75) is 36.7 Å². The molecule has 21 heavy (non-hydrogen) atoms. The van der Waals surface area contributed by atoms with E-state index in [-0.39, 0.29) is 17.5 Å². The van der Waals surface area contributed by atoms with Gasteiger partial charge in [-0.1, -0.05) is 53.6 Å². The Morgan fingerprint density at radius 1 is 1.43 bits per heavy atom. The van der Waals surface area contributed by atoms with E-state index in [1.54, 1.807) is 11.0 Å². The summed E-state index contributed by atoms with van der Waals surface area (Å²) in [5, 5.41) is 3.28. The Kier molecular flexibility index (Phi) is 4.31. The molecule has 0 bridgehead atoms. The lowest BCUT2D eigenvalue weighted by atomic mass is 9.81. The number of alkyl halides is 2. The van der Waals surface area contributed by atoms with Crippen LogP contribution < -0.4 is 5.32 Å². The zero-order valence-corrected chi connectivity index (χ0v) is 14.2. The average Bonchev–Trinajstić information content (AvgIpc) is 2.59. The molecule has 0 aromatic carbocycles. The summed E-state index contributed by atoms with van der Waals surface area (Å²) in [5.41, 5.74) is -0.984. The summed E-state index contributed by atoms with van der Waals surface area (Å²) in [6.45, 7) is 10.8. The van der Waals surface area contributed by atoms with Gasteiger partial charge < -0.3 is 10.2 Å². The molecular weight excluding hydrogens is 307 g/mol. The number of nitrogens with one attached hydrogen (secondary N) is 1. The zero-order chi connectivity index (χ0) is 15.9. The van der Waals surface area contributed by atoms with Crippen LogP contribution in [0.1, 0.15) is 20.8 Å². The number of nitrogens with zero attached hydrogens (tertiary/aromatic N) is 1. The van der Waals surface area contributed by atoms with E-state index in [1.165, 1.54) is 0 Å². The Hall–Kier alpha value is -0.770. The molecule has 1 aliphatic carbocycles. The molecule has 5 heteroatoms. The van der Waals surface area contributed by atoms with Gasteiger partial charge in [-0.2, -0.15) is 0 Å². The van der Waals surface area contributed by atoms with Crippen LogP contribution in [-0.2, 0) is 4.79 Å². The Morgan fingerprint density at radius 3 is 2.43 bits per heavy atom. The van der Waals surface area contributed by atoms with Gasteiger partial charge in [0, 0.05) is 24.7 Å². The molecule has 0 unspecified atom stereocenters. The summed E-state index contributed by atoms with van der Waals surface area (Å²) in [4.78, 5) is 14.3. The molecule has 3 nitrogen and oxygen atoms in total. The molecule has 116 valence electrons. The standard InChI is InChI=1S/C16H22Cl2N2O/c1-5-10-19-12-6-8-15(9-7-12)11-20(14(2,3)4)13(21)16(15,17)18/h5-9,12,19H,1,10-11H2,2-4H3. The molecule has 0 radical (unpaired) electrons. The predicted molar refractivity (Wildman–Crippen MR) is 88.6 cm³/mol. The second-order valence-corrected chi connectivity index (χ2v) is 7.95. The van der Waals surface area contributed by atoms with Crippen molar-refractivity contribution in [1.82, 2.24) is 10.2 Å². The van der Waals surface area contributed by atoms with Gasteiger partial charge in [0.25, 0.3) is 5.91 Å². The van der Waals surface area contributed by atoms with Gasteiger partial charge in [-0.3, -0.25) is 4.79 Å². The van der Waals surface area contributed by atoms with Crippen molar-refractivity contribution in [2.24, 2.45) is 5.41 Å². The molecular formula is C16H22Cl2N2O. The largest absolute Gasteiger partial charge is 0.334 e. The maximum absolute atomic E-state index is 12.6. The van der Waals surface area contributed by atoms with Gasteiger partial charge in [0.15, 0.2) is 0 Å². The van der Waals surface area contributed by atoms with Gasteiger partial charge in [0.2, 0.25) is 4.33 Å². The molecule has 0 aromatic rings.